The second-order valence-electron chi connectivity index (χ2n) is 3.30. The maximum absolute atomic E-state index is 5.03. The van der Waals surface area contributed by atoms with E-state index in [1.54, 1.807) is 10.9 Å². The van der Waals surface area contributed by atoms with Gasteiger partial charge in [-0.05, 0) is 36.5 Å². The molecule has 0 saturated carbocycles. The van der Waals surface area contributed by atoms with Crippen molar-refractivity contribution >= 4 is 23.1 Å². The van der Waals surface area contributed by atoms with Crippen LogP contribution in [0.1, 0.15) is 0 Å². The molecular weight excluding hydrogens is 222 g/mol. The van der Waals surface area contributed by atoms with Gasteiger partial charge in [0, 0.05) is 11.6 Å². The number of aromatic nitrogens is 5. The summed E-state index contributed by atoms with van der Waals surface area (Å²) in [6.07, 6.45) is 1.77. The van der Waals surface area contributed by atoms with Crippen LogP contribution >= 0.6 is 12.2 Å². The van der Waals surface area contributed by atoms with Crippen molar-refractivity contribution in [3.8, 4) is 5.69 Å². The largest absolute Gasteiger partial charge is 0.256 e. The molecule has 0 aliphatic carbocycles. The standard InChI is InChI=1S/C10H7N5S/c16-10-12-13-14-15(10)8-3-4-9-7(6-8)2-1-5-11-9/h1-6H,(H,12,14,16). The number of nitrogens with zero attached hydrogens (tertiary/aromatic N) is 4. The van der Waals surface area contributed by atoms with Crippen LogP contribution in [0, 0.1) is 4.77 Å². The van der Waals surface area contributed by atoms with Crippen molar-refractivity contribution in [2.24, 2.45) is 0 Å². The summed E-state index contributed by atoms with van der Waals surface area (Å²) in [5.74, 6) is 0. The Morgan fingerprint density at radius 2 is 2.19 bits per heavy atom. The van der Waals surface area contributed by atoms with Crippen LogP contribution in [-0.4, -0.2) is 25.2 Å². The molecule has 1 aromatic carbocycles. The maximum Gasteiger partial charge on any atom is 0.242 e. The fraction of sp³-hybridized carbons (Fsp3) is 0. The Hall–Kier alpha value is -2.08. The Kier molecular flexibility index (Phi) is 2.00. The number of hydrogen-bond acceptors (Lipinski definition) is 4. The number of nitrogens with one attached hydrogen (secondary N) is 1. The normalized spacial score (nSPS) is 10.8. The summed E-state index contributed by atoms with van der Waals surface area (Å²) in [7, 11) is 0. The minimum atomic E-state index is 0.406. The second-order valence-corrected chi connectivity index (χ2v) is 3.66. The molecule has 1 N–H and O–H groups in total. The second kappa shape index (κ2) is 3.49. The summed E-state index contributed by atoms with van der Waals surface area (Å²) in [4.78, 5) is 4.25. The SMILES string of the molecule is S=c1nn[nH]n1-c1ccc2ncccc2c1. The molecule has 2 heterocycles. The molecule has 5 nitrogen and oxygen atoms in total. The number of pyridine rings is 1. The average molecular weight is 229 g/mol. The lowest BCUT2D eigenvalue weighted by molar-refractivity contribution is 0.787. The summed E-state index contributed by atoms with van der Waals surface area (Å²) in [5, 5.41) is 11.1. The van der Waals surface area contributed by atoms with E-state index in [0.717, 1.165) is 16.6 Å². The van der Waals surface area contributed by atoms with E-state index < -0.39 is 0 Å². The van der Waals surface area contributed by atoms with Crippen molar-refractivity contribution in [3.63, 3.8) is 0 Å². The molecule has 0 saturated heterocycles. The third-order valence-corrected chi connectivity index (χ3v) is 2.58. The van der Waals surface area contributed by atoms with Crippen LogP contribution in [0.5, 0.6) is 0 Å². The van der Waals surface area contributed by atoms with Crippen LogP contribution in [0.4, 0.5) is 0 Å². The van der Waals surface area contributed by atoms with Gasteiger partial charge < -0.3 is 0 Å². The minimum absolute atomic E-state index is 0.406. The van der Waals surface area contributed by atoms with E-state index in [4.69, 9.17) is 12.2 Å². The number of fused-ring (bicyclic) bond motifs is 1. The van der Waals surface area contributed by atoms with Gasteiger partial charge in [0.25, 0.3) is 0 Å². The highest BCUT2D eigenvalue weighted by Gasteiger charge is 2.01. The molecule has 0 aliphatic heterocycles. The lowest BCUT2D eigenvalue weighted by atomic mass is 10.2. The maximum atomic E-state index is 5.03. The quantitative estimate of drug-likeness (QED) is 0.647. The Bertz CT molecular complexity index is 699. The molecule has 6 heteroatoms. The highest BCUT2D eigenvalue weighted by Crippen LogP contribution is 2.15. The molecule has 0 radical (unpaired) electrons. The third kappa shape index (κ3) is 1.40. The summed E-state index contributed by atoms with van der Waals surface area (Å²) in [5.41, 5.74) is 1.85. The van der Waals surface area contributed by atoms with Crippen LogP contribution in [0.3, 0.4) is 0 Å². The average Bonchev–Trinajstić information content (AvgIpc) is 2.75. The van der Waals surface area contributed by atoms with Crippen LogP contribution in [0.15, 0.2) is 36.5 Å². The fourth-order valence-corrected chi connectivity index (χ4v) is 1.75. The summed E-state index contributed by atoms with van der Waals surface area (Å²) < 4.78 is 2.05. The lowest BCUT2D eigenvalue weighted by Gasteiger charge is -2.02. The van der Waals surface area contributed by atoms with E-state index in [2.05, 4.69) is 20.5 Å². The highest BCUT2D eigenvalue weighted by molar-refractivity contribution is 7.71. The van der Waals surface area contributed by atoms with E-state index in [1.807, 2.05) is 30.3 Å². The lowest BCUT2D eigenvalue weighted by Crippen LogP contribution is -1.96. The molecule has 0 fully saturated rings. The molecule has 0 atom stereocenters. The molecule has 3 rings (SSSR count). The number of aromatic amines is 1. The zero-order valence-corrected chi connectivity index (χ0v) is 8.98. The van der Waals surface area contributed by atoms with Crippen LogP contribution in [0.2, 0.25) is 0 Å². The van der Waals surface area contributed by atoms with Gasteiger partial charge in [-0.2, -0.15) is 5.21 Å². The van der Waals surface area contributed by atoms with E-state index >= 15 is 0 Å². The fourth-order valence-electron chi connectivity index (χ4n) is 1.57. The van der Waals surface area contributed by atoms with Crippen LogP contribution in [-0.2, 0) is 0 Å². The van der Waals surface area contributed by atoms with Gasteiger partial charge in [-0.1, -0.05) is 16.4 Å². The molecule has 16 heavy (non-hydrogen) atoms. The van der Waals surface area contributed by atoms with Crippen molar-refractivity contribution in [2.45, 2.75) is 0 Å². The first kappa shape index (κ1) is 9.17. The first-order chi connectivity index (χ1) is 7.84. The van der Waals surface area contributed by atoms with Crippen molar-refractivity contribution < 1.29 is 0 Å². The first-order valence-corrected chi connectivity index (χ1v) is 5.11. The Morgan fingerprint density at radius 3 is 3.00 bits per heavy atom. The number of benzene rings is 1. The van der Waals surface area contributed by atoms with Crippen molar-refractivity contribution in [2.75, 3.05) is 0 Å². The van der Waals surface area contributed by atoms with E-state index in [-0.39, 0.29) is 0 Å². The summed E-state index contributed by atoms with van der Waals surface area (Å²) >= 11 is 5.03. The molecule has 2 aromatic heterocycles. The number of tetrazole rings is 1. The highest BCUT2D eigenvalue weighted by atomic mass is 32.1. The number of hydrogen-bond donors (Lipinski definition) is 1. The Labute approximate surface area is 95.7 Å². The predicted molar refractivity (Wildman–Crippen MR) is 61.8 cm³/mol. The van der Waals surface area contributed by atoms with Gasteiger partial charge in [-0.3, -0.25) is 4.98 Å². The number of H-pyrrole nitrogens is 1. The van der Waals surface area contributed by atoms with Crippen molar-refractivity contribution in [1.82, 2.24) is 25.2 Å². The van der Waals surface area contributed by atoms with E-state index in [9.17, 15) is 0 Å². The van der Waals surface area contributed by atoms with Crippen LogP contribution in [0.25, 0.3) is 16.6 Å². The predicted octanol–water partition coefficient (Wildman–Crippen LogP) is 1.87. The van der Waals surface area contributed by atoms with Gasteiger partial charge in [0.2, 0.25) is 4.77 Å². The van der Waals surface area contributed by atoms with Gasteiger partial charge in [0.05, 0.1) is 11.2 Å². The van der Waals surface area contributed by atoms with Crippen LogP contribution < -0.4 is 0 Å². The molecule has 78 valence electrons. The zero-order valence-electron chi connectivity index (χ0n) is 8.16. The minimum Gasteiger partial charge on any atom is -0.256 e. The molecule has 0 amide bonds. The van der Waals surface area contributed by atoms with Gasteiger partial charge in [0.1, 0.15) is 0 Å². The van der Waals surface area contributed by atoms with Gasteiger partial charge in [-0.15, -0.1) is 0 Å². The monoisotopic (exact) mass is 229 g/mol. The Morgan fingerprint density at radius 1 is 1.25 bits per heavy atom. The number of rotatable bonds is 1. The third-order valence-electron chi connectivity index (χ3n) is 2.32. The van der Waals surface area contributed by atoms with Gasteiger partial charge in [0.15, 0.2) is 0 Å². The molecule has 0 bridgehead atoms. The first-order valence-electron chi connectivity index (χ1n) is 4.70. The molecule has 3 aromatic rings. The topological polar surface area (TPSA) is 59.4 Å². The molecular formula is C10H7N5S. The summed E-state index contributed by atoms with van der Waals surface area (Å²) in [6.45, 7) is 0. The van der Waals surface area contributed by atoms with E-state index in [0.29, 0.717) is 4.77 Å². The summed E-state index contributed by atoms with van der Waals surface area (Å²) in [6, 6.07) is 9.74. The molecule has 0 aliphatic rings. The molecule has 0 unspecified atom stereocenters. The van der Waals surface area contributed by atoms with Gasteiger partial charge >= 0.3 is 0 Å². The molecule has 0 spiro atoms. The smallest absolute Gasteiger partial charge is 0.242 e. The zero-order chi connectivity index (χ0) is 11.0. The van der Waals surface area contributed by atoms with E-state index in [1.165, 1.54) is 0 Å². The van der Waals surface area contributed by atoms with Crippen molar-refractivity contribution in [1.29, 1.82) is 0 Å². The van der Waals surface area contributed by atoms with Crippen molar-refractivity contribution in [3.05, 3.63) is 41.3 Å². The Balaban J connectivity index is 2.27. The van der Waals surface area contributed by atoms with Gasteiger partial charge in [-0.25, -0.2) is 4.68 Å².